The van der Waals surface area contributed by atoms with Crippen LogP contribution < -0.4 is 22.1 Å². The topological polar surface area (TPSA) is 155 Å². The second-order valence-electron chi connectivity index (χ2n) is 12.8. The number of aliphatic carboxylic acids is 1. The average Bonchev–Trinajstić information content (AvgIpc) is 3.33. The zero-order chi connectivity index (χ0) is 35.3. The summed E-state index contributed by atoms with van der Waals surface area (Å²) in [6, 6.07) is 16.3. The molecule has 3 aromatic carbocycles. The minimum Gasteiger partial charge on any atom is -0.480 e. The number of urea groups is 1. The van der Waals surface area contributed by atoms with Crippen LogP contribution in [0.2, 0.25) is 0 Å². The minimum absolute atomic E-state index is 0.0285. The molecule has 1 aromatic heterocycles. The molecule has 49 heavy (non-hydrogen) atoms. The maximum Gasteiger partial charge on any atom is 0.331 e. The van der Waals surface area contributed by atoms with E-state index in [2.05, 4.69) is 53.5 Å². The number of piperidine rings is 1. The Morgan fingerprint density at radius 2 is 1.82 bits per heavy atom. The number of carboxylic acid groups (broad SMARTS) is 1. The number of hydrogen-bond donors (Lipinski definition) is 5. The number of nitrogens with one attached hydrogen (secondary N) is 2. The van der Waals surface area contributed by atoms with E-state index in [9.17, 15) is 19.1 Å². The first-order chi connectivity index (χ1) is 23.4. The lowest BCUT2D eigenvalue weighted by Gasteiger charge is -2.33. The molecule has 3 heterocycles. The van der Waals surface area contributed by atoms with E-state index in [0.29, 0.717) is 43.8 Å². The molecule has 0 aliphatic carbocycles. The van der Waals surface area contributed by atoms with Gasteiger partial charge in [-0.3, -0.25) is 0 Å². The van der Waals surface area contributed by atoms with E-state index < -0.39 is 17.3 Å². The van der Waals surface area contributed by atoms with Crippen molar-refractivity contribution in [3.63, 3.8) is 0 Å². The molecule has 1 saturated heterocycles. The fraction of sp³-hybridized carbons (Fsp3) is 0.400. The zero-order valence-electron chi connectivity index (χ0n) is 27.7. The van der Waals surface area contributed by atoms with Crippen LogP contribution in [0.4, 0.5) is 20.6 Å². The van der Waals surface area contributed by atoms with Gasteiger partial charge in [0.1, 0.15) is 11.6 Å². The smallest absolute Gasteiger partial charge is 0.331 e. The molecule has 14 heteroatoms. The maximum atomic E-state index is 13.8. The minimum atomic E-state index is -1.83. The van der Waals surface area contributed by atoms with Gasteiger partial charge < -0.3 is 41.6 Å². The van der Waals surface area contributed by atoms with Crippen molar-refractivity contribution in [1.29, 1.82) is 0 Å². The molecule has 6 rings (SSSR count). The lowest BCUT2D eigenvalue weighted by atomic mass is 9.90. The van der Waals surface area contributed by atoms with E-state index in [1.807, 2.05) is 42.1 Å². The van der Waals surface area contributed by atoms with Gasteiger partial charge in [-0.1, -0.05) is 18.2 Å². The van der Waals surface area contributed by atoms with Crippen LogP contribution in [0.25, 0.3) is 11.0 Å². The number of anilines is 2. The first-order valence-corrected chi connectivity index (χ1v) is 17.9. The fourth-order valence-corrected chi connectivity index (χ4v) is 7.66. The number of para-hydroxylation sites is 1. The molecule has 7 N–H and O–H groups in total. The van der Waals surface area contributed by atoms with Gasteiger partial charge in [0.2, 0.25) is 0 Å². The lowest BCUT2D eigenvalue weighted by molar-refractivity contribution is -0.144. The van der Waals surface area contributed by atoms with Gasteiger partial charge in [-0.05, 0) is 133 Å². The highest BCUT2D eigenvalue weighted by atomic mass is 79.9. The summed E-state index contributed by atoms with van der Waals surface area (Å²) in [5.74, 6) is -1.48. The Labute approximate surface area is 302 Å². The SMILES string of the molecule is CN(C)CCCn1c([C@](N)(Cc2cc(Br)c(N)c(Br)c2)C(=O)O)nc2cc(F)ccc21.O=C1Nc2ccccc2CCN1C1CCNCC1. The summed E-state index contributed by atoms with van der Waals surface area (Å²) in [5.41, 5.74) is 15.0. The molecule has 2 amide bonds. The molecule has 0 radical (unpaired) electrons. The summed E-state index contributed by atoms with van der Waals surface area (Å²) in [7, 11) is 3.92. The van der Waals surface area contributed by atoms with Crippen LogP contribution >= 0.6 is 31.9 Å². The van der Waals surface area contributed by atoms with Crippen molar-refractivity contribution < 1.29 is 19.1 Å². The normalized spacial score (nSPS) is 16.4. The molecule has 0 spiro atoms. The molecule has 11 nitrogen and oxygen atoms in total. The first kappa shape index (κ1) is 36.7. The van der Waals surface area contributed by atoms with Gasteiger partial charge >= 0.3 is 12.0 Å². The molecule has 1 fully saturated rings. The first-order valence-electron chi connectivity index (χ1n) is 16.3. The number of halogens is 3. The summed E-state index contributed by atoms with van der Waals surface area (Å²) < 4.78 is 16.9. The van der Waals surface area contributed by atoms with Crippen LogP contribution in [0.1, 0.15) is 36.2 Å². The highest BCUT2D eigenvalue weighted by Crippen LogP contribution is 2.34. The van der Waals surface area contributed by atoms with E-state index >= 15 is 0 Å². The van der Waals surface area contributed by atoms with Crippen LogP contribution in [0, 0.1) is 5.82 Å². The predicted molar refractivity (Wildman–Crippen MR) is 198 cm³/mol. The number of rotatable bonds is 9. The quantitative estimate of drug-likeness (QED) is 0.138. The van der Waals surface area contributed by atoms with Crippen molar-refractivity contribution in [3.8, 4) is 0 Å². The van der Waals surface area contributed by atoms with Gasteiger partial charge in [0.25, 0.3) is 0 Å². The van der Waals surface area contributed by atoms with Gasteiger partial charge in [0.15, 0.2) is 5.54 Å². The number of carbonyl (C=O) groups excluding carboxylic acids is 1. The van der Waals surface area contributed by atoms with E-state index in [0.717, 1.165) is 57.5 Å². The number of fused-ring (bicyclic) bond motifs is 2. The fourth-order valence-electron chi connectivity index (χ4n) is 6.38. The number of nitrogens with zero attached hydrogens (tertiary/aromatic N) is 4. The van der Waals surface area contributed by atoms with Crippen LogP contribution in [0.3, 0.4) is 0 Å². The van der Waals surface area contributed by atoms with Crippen molar-refractivity contribution >= 4 is 66.3 Å². The predicted octanol–water partition coefficient (Wildman–Crippen LogP) is 5.54. The largest absolute Gasteiger partial charge is 0.480 e. The number of nitrogens with two attached hydrogens (primary N) is 2. The van der Waals surface area contributed by atoms with Gasteiger partial charge in [-0.2, -0.15) is 0 Å². The van der Waals surface area contributed by atoms with Gasteiger partial charge in [-0.25, -0.2) is 19.0 Å². The molecule has 2 aliphatic rings. The molecule has 0 bridgehead atoms. The van der Waals surface area contributed by atoms with Crippen LogP contribution in [-0.4, -0.2) is 82.8 Å². The van der Waals surface area contributed by atoms with E-state index in [1.54, 1.807) is 22.8 Å². The van der Waals surface area contributed by atoms with Crippen molar-refractivity contribution in [2.75, 3.05) is 51.3 Å². The average molecular weight is 803 g/mol. The number of nitrogen functional groups attached to an aromatic ring is 1. The highest BCUT2D eigenvalue weighted by Gasteiger charge is 2.41. The van der Waals surface area contributed by atoms with Crippen molar-refractivity contribution in [2.45, 2.75) is 50.2 Å². The Morgan fingerprint density at radius 3 is 2.49 bits per heavy atom. The van der Waals surface area contributed by atoms with Gasteiger partial charge in [0.05, 0.1) is 16.7 Å². The monoisotopic (exact) mass is 800 g/mol. The summed E-state index contributed by atoms with van der Waals surface area (Å²) in [6.45, 7) is 4.15. The molecule has 2 aliphatic heterocycles. The third kappa shape index (κ3) is 8.61. The molecule has 1 atom stereocenters. The summed E-state index contributed by atoms with van der Waals surface area (Å²) in [4.78, 5) is 33.2. The van der Waals surface area contributed by atoms with Crippen LogP contribution in [-0.2, 0) is 29.7 Å². The van der Waals surface area contributed by atoms with Crippen molar-refractivity contribution in [2.24, 2.45) is 5.73 Å². The second kappa shape index (κ2) is 16.0. The summed E-state index contributed by atoms with van der Waals surface area (Å²) in [6.07, 6.45) is 3.78. The number of hydrogen-bond acceptors (Lipinski definition) is 7. The highest BCUT2D eigenvalue weighted by molar-refractivity contribution is 9.11. The molecular formula is C35H43Br2FN8O3. The summed E-state index contributed by atoms with van der Waals surface area (Å²) >= 11 is 6.77. The van der Waals surface area contributed by atoms with Crippen molar-refractivity contribution in [3.05, 3.63) is 86.3 Å². The Bertz CT molecular complexity index is 1790. The molecule has 0 unspecified atom stereocenters. The Kier molecular flexibility index (Phi) is 12.0. The van der Waals surface area contributed by atoms with E-state index in [1.165, 1.54) is 17.7 Å². The summed E-state index contributed by atoms with van der Waals surface area (Å²) in [5, 5.41) is 16.5. The molecule has 4 aromatic rings. The van der Waals surface area contributed by atoms with E-state index in [-0.39, 0.29) is 18.3 Å². The standard InChI is InChI=1S/C21H24Br2FN5O2.C14H19N3O/c1-28(2)6-3-7-29-17-5-4-13(24)10-16(17)27-19(29)21(26,20(30)31)11-12-8-14(22)18(25)15(23)9-12;18-14-16-13-4-2-1-3-11(13)7-10-17(14)12-5-8-15-9-6-12/h4-5,8-10H,3,6-7,11,25-26H2,1-2H3,(H,30,31);1-4,12,15H,5-10H2,(H,16,18)/t21-;/m1./s1. The second-order valence-corrected chi connectivity index (χ2v) is 14.5. The van der Waals surface area contributed by atoms with E-state index in [4.69, 9.17) is 11.5 Å². The third-order valence-corrected chi connectivity index (χ3v) is 10.3. The number of carboxylic acids is 1. The Balaban J connectivity index is 0.000000219. The lowest BCUT2D eigenvalue weighted by Crippen LogP contribution is -2.49. The number of aryl methyl sites for hydroxylation is 1. The molecular weight excluding hydrogens is 759 g/mol. The number of carbonyl (C=O) groups is 2. The van der Waals surface area contributed by atoms with Gasteiger partial charge in [0, 0.05) is 46.3 Å². The number of amides is 2. The Hall–Kier alpha value is -3.56. The maximum absolute atomic E-state index is 13.8. The van der Waals surface area contributed by atoms with Gasteiger partial charge in [-0.15, -0.1) is 0 Å². The Morgan fingerprint density at radius 1 is 1.12 bits per heavy atom. The number of aromatic nitrogens is 2. The zero-order valence-corrected chi connectivity index (χ0v) is 30.9. The third-order valence-electron chi connectivity index (χ3n) is 8.99. The van der Waals surface area contributed by atoms with Crippen molar-refractivity contribution in [1.82, 2.24) is 24.7 Å². The number of imidazole rings is 1. The number of benzene rings is 3. The van der Waals surface area contributed by atoms with Crippen LogP contribution in [0.5, 0.6) is 0 Å². The molecule has 0 saturated carbocycles. The van der Waals surface area contributed by atoms with Crippen LogP contribution in [0.15, 0.2) is 63.5 Å². The molecule has 262 valence electrons.